The van der Waals surface area contributed by atoms with Gasteiger partial charge in [0.15, 0.2) is 0 Å². The summed E-state index contributed by atoms with van der Waals surface area (Å²) in [4.78, 5) is 4.33. The van der Waals surface area contributed by atoms with Gasteiger partial charge in [-0.15, -0.1) is 11.3 Å². The number of aryl methyl sites for hydroxylation is 1. The lowest BCUT2D eigenvalue weighted by Gasteiger charge is -2.07. The molecule has 0 aliphatic heterocycles. The molecule has 1 aromatic heterocycles. The van der Waals surface area contributed by atoms with Gasteiger partial charge in [0.2, 0.25) is 0 Å². The zero-order chi connectivity index (χ0) is 12.4. The Morgan fingerprint density at radius 3 is 2.76 bits per heavy atom. The Hall–Kier alpha value is -1.07. The van der Waals surface area contributed by atoms with Gasteiger partial charge in [-0.05, 0) is 40.0 Å². The van der Waals surface area contributed by atoms with Crippen molar-refractivity contribution in [2.24, 2.45) is 0 Å². The van der Waals surface area contributed by atoms with E-state index in [-0.39, 0.29) is 0 Å². The SMILES string of the molecule is CCc1ccc(OC)c(-c2nc(N)c(Br)s2)c1. The highest BCUT2D eigenvalue weighted by molar-refractivity contribution is 9.11. The van der Waals surface area contributed by atoms with E-state index in [9.17, 15) is 0 Å². The van der Waals surface area contributed by atoms with Crippen molar-refractivity contribution >= 4 is 33.1 Å². The first-order valence-electron chi connectivity index (χ1n) is 5.24. The third kappa shape index (κ3) is 2.45. The maximum Gasteiger partial charge on any atom is 0.149 e. The smallest absolute Gasteiger partial charge is 0.149 e. The van der Waals surface area contributed by atoms with Crippen LogP contribution < -0.4 is 10.5 Å². The van der Waals surface area contributed by atoms with Crippen LogP contribution in [0.3, 0.4) is 0 Å². The van der Waals surface area contributed by atoms with Crippen molar-refractivity contribution in [1.82, 2.24) is 4.98 Å². The maximum absolute atomic E-state index is 5.75. The molecule has 0 aliphatic carbocycles. The van der Waals surface area contributed by atoms with Gasteiger partial charge in [-0.25, -0.2) is 4.98 Å². The summed E-state index contributed by atoms with van der Waals surface area (Å²) in [7, 11) is 1.66. The minimum atomic E-state index is 0.522. The number of benzene rings is 1. The number of thiazole rings is 1. The van der Waals surface area contributed by atoms with Crippen LogP contribution in [-0.2, 0) is 6.42 Å². The molecule has 0 radical (unpaired) electrons. The average Bonchev–Trinajstić information content (AvgIpc) is 2.68. The van der Waals surface area contributed by atoms with Crippen molar-refractivity contribution in [2.75, 3.05) is 12.8 Å². The Kier molecular flexibility index (Phi) is 3.69. The molecule has 0 aliphatic rings. The van der Waals surface area contributed by atoms with E-state index in [1.807, 2.05) is 6.07 Å². The van der Waals surface area contributed by atoms with Crippen LogP contribution in [0.2, 0.25) is 0 Å². The first-order chi connectivity index (χ1) is 8.15. The third-order valence-corrected chi connectivity index (χ3v) is 4.30. The molecule has 1 aromatic carbocycles. The van der Waals surface area contributed by atoms with Crippen LogP contribution in [-0.4, -0.2) is 12.1 Å². The Balaban J connectivity index is 2.55. The standard InChI is InChI=1S/C12H13BrN2OS/c1-3-7-4-5-9(16-2)8(6-7)12-15-11(14)10(13)17-12/h4-6H,3,14H2,1-2H3. The second-order valence-electron chi connectivity index (χ2n) is 3.57. The fourth-order valence-corrected chi connectivity index (χ4v) is 2.85. The summed E-state index contributed by atoms with van der Waals surface area (Å²) in [6, 6.07) is 6.14. The highest BCUT2D eigenvalue weighted by Gasteiger charge is 2.13. The van der Waals surface area contributed by atoms with E-state index in [2.05, 4.69) is 40.0 Å². The number of hydrogen-bond donors (Lipinski definition) is 1. The van der Waals surface area contributed by atoms with Gasteiger partial charge < -0.3 is 10.5 Å². The van der Waals surface area contributed by atoms with Gasteiger partial charge >= 0.3 is 0 Å². The monoisotopic (exact) mass is 312 g/mol. The van der Waals surface area contributed by atoms with Gasteiger partial charge in [-0.1, -0.05) is 13.0 Å². The lowest BCUT2D eigenvalue weighted by atomic mass is 10.1. The summed E-state index contributed by atoms with van der Waals surface area (Å²) in [5, 5.41) is 0.876. The number of aromatic nitrogens is 1. The van der Waals surface area contributed by atoms with Crippen LogP contribution in [0.5, 0.6) is 5.75 Å². The van der Waals surface area contributed by atoms with Crippen LogP contribution in [0, 0.1) is 0 Å². The number of ether oxygens (including phenoxy) is 1. The molecule has 2 aromatic rings. The predicted molar refractivity (Wildman–Crippen MR) is 75.6 cm³/mol. The minimum absolute atomic E-state index is 0.522. The number of rotatable bonds is 3. The van der Waals surface area contributed by atoms with Crippen LogP contribution in [0.4, 0.5) is 5.82 Å². The van der Waals surface area contributed by atoms with E-state index in [0.717, 1.165) is 26.5 Å². The lowest BCUT2D eigenvalue weighted by Crippen LogP contribution is -1.91. The summed E-state index contributed by atoms with van der Waals surface area (Å²) in [5.41, 5.74) is 8.00. The van der Waals surface area contributed by atoms with Crippen molar-refractivity contribution in [2.45, 2.75) is 13.3 Å². The first-order valence-corrected chi connectivity index (χ1v) is 6.85. The average molecular weight is 313 g/mol. The van der Waals surface area contributed by atoms with Crippen molar-refractivity contribution in [1.29, 1.82) is 0 Å². The summed E-state index contributed by atoms with van der Waals surface area (Å²) < 4.78 is 6.22. The number of anilines is 1. The highest BCUT2D eigenvalue weighted by Crippen LogP contribution is 2.38. The van der Waals surface area contributed by atoms with E-state index in [0.29, 0.717) is 5.82 Å². The maximum atomic E-state index is 5.75. The Labute approximate surface area is 113 Å². The molecule has 0 atom stereocenters. The molecule has 3 nitrogen and oxygen atoms in total. The molecule has 2 N–H and O–H groups in total. The number of halogens is 1. The van der Waals surface area contributed by atoms with Crippen LogP contribution >= 0.6 is 27.3 Å². The minimum Gasteiger partial charge on any atom is -0.496 e. The van der Waals surface area contributed by atoms with Crippen molar-refractivity contribution in [3.05, 3.63) is 27.5 Å². The Morgan fingerprint density at radius 1 is 1.47 bits per heavy atom. The van der Waals surface area contributed by atoms with E-state index >= 15 is 0 Å². The van der Waals surface area contributed by atoms with Crippen molar-refractivity contribution < 1.29 is 4.74 Å². The van der Waals surface area contributed by atoms with Crippen LogP contribution in [0.1, 0.15) is 12.5 Å². The van der Waals surface area contributed by atoms with E-state index < -0.39 is 0 Å². The third-order valence-electron chi connectivity index (χ3n) is 2.51. The second kappa shape index (κ2) is 5.06. The molecule has 0 amide bonds. The normalized spacial score (nSPS) is 10.5. The molecule has 2 rings (SSSR count). The molecule has 0 fully saturated rings. The van der Waals surface area contributed by atoms with Gasteiger partial charge in [0.05, 0.1) is 12.7 Å². The van der Waals surface area contributed by atoms with Gasteiger partial charge in [0.1, 0.15) is 20.4 Å². The lowest BCUT2D eigenvalue weighted by molar-refractivity contribution is 0.416. The van der Waals surface area contributed by atoms with Gasteiger partial charge in [0, 0.05) is 0 Å². The highest BCUT2D eigenvalue weighted by atomic mass is 79.9. The predicted octanol–water partition coefficient (Wildman–Crippen LogP) is 3.73. The number of nitrogens with zero attached hydrogens (tertiary/aromatic N) is 1. The molecule has 5 heteroatoms. The van der Waals surface area contributed by atoms with Gasteiger partial charge in [-0.2, -0.15) is 0 Å². The molecule has 0 bridgehead atoms. The molecular weight excluding hydrogens is 300 g/mol. The molecule has 1 heterocycles. The zero-order valence-electron chi connectivity index (χ0n) is 9.66. The molecule has 0 spiro atoms. The Morgan fingerprint density at radius 2 is 2.24 bits per heavy atom. The van der Waals surface area contributed by atoms with Crippen molar-refractivity contribution in [3.8, 4) is 16.3 Å². The van der Waals surface area contributed by atoms with Crippen molar-refractivity contribution in [3.63, 3.8) is 0 Å². The number of hydrogen-bond acceptors (Lipinski definition) is 4. The fourth-order valence-electron chi connectivity index (χ4n) is 1.57. The molecular formula is C12H13BrN2OS. The summed E-state index contributed by atoms with van der Waals surface area (Å²) >= 11 is 4.90. The van der Waals surface area contributed by atoms with Crippen LogP contribution in [0.15, 0.2) is 22.0 Å². The quantitative estimate of drug-likeness (QED) is 0.939. The Bertz CT molecular complexity index is 520. The van der Waals surface area contributed by atoms with E-state index in [1.165, 1.54) is 16.9 Å². The van der Waals surface area contributed by atoms with Gasteiger partial charge in [-0.3, -0.25) is 0 Å². The number of methoxy groups -OCH3 is 1. The van der Waals surface area contributed by atoms with Crippen LogP contribution in [0.25, 0.3) is 10.6 Å². The number of nitrogens with two attached hydrogens (primary N) is 1. The molecule has 0 saturated carbocycles. The van der Waals surface area contributed by atoms with Gasteiger partial charge in [0.25, 0.3) is 0 Å². The molecule has 90 valence electrons. The fraction of sp³-hybridized carbons (Fsp3) is 0.250. The molecule has 0 unspecified atom stereocenters. The first kappa shape index (κ1) is 12.4. The largest absolute Gasteiger partial charge is 0.496 e. The summed E-state index contributed by atoms with van der Waals surface area (Å²) in [6.07, 6.45) is 0.985. The summed E-state index contributed by atoms with van der Waals surface area (Å²) in [5.74, 6) is 1.34. The second-order valence-corrected chi connectivity index (χ2v) is 5.88. The zero-order valence-corrected chi connectivity index (χ0v) is 12.1. The molecule has 17 heavy (non-hydrogen) atoms. The summed E-state index contributed by atoms with van der Waals surface area (Å²) in [6.45, 7) is 2.12. The topological polar surface area (TPSA) is 48.1 Å². The molecule has 0 saturated heterocycles. The van der Waals surface area contributed by atoms with E-state index in [1.54, 1.807) is 7.11 Å². The van der Waals surface area contributed by atoms with E-state index in [4.69, 9.17) is 10.5 Å². The number of nitrogen functional groups attached to an aromatic ring is 1.